The predicted molar refractivity (Wildman–Crippen MR) is 126 cm³/mol. The molecule has 1 N–H and O–H groups in total. The van der Waals surface area contributed by atoms with Crippen molar-refractivity contribution in [1.82, 2.24) is 15.0 Å². The lowest BCUT2D eigenvalue weighted by atomic mass is 10.0. The topological polar surface area (TPSA) is 100 Å². The minimum Gasteiger partial charge on any atom is -0.363 e. The summed E-state index contributed by atoms with van der Waals surface area (Å²) in [5.74, 6) is 1.76. The lowest BCUT2D eigenvalue weighted by molar-refractivity contribution is -0.385. The Hall–Kier alpha value is -3.70. The third kappa shape index (κ3) is 4.64. The molecule has 5 rings (SSSR count). The van der Waals surface area contributed by atoms with Gasteiger partial charge in [-0.1, -0.05) is 0 Å². The molecule has 184 valence electrons. The molecular weight excluding hydrogens is 463 g/mol. The molecule has 35 heavy (non-hydrogen) atoms. The third-order valence-corrected chi connectivity index (χ3v) is 6.46. The number of nitrogens with one attached hydrogen (secondary N) is 1. The number of nitro benzene ring substituents is 1. The van der Waals surface area contributed by atoms with E-state index < -0.39 is 28.4 Å². The smallest absolute Gasteiger partial charge is 0.363 e. The normalized spacial score (nSPS) is 16.9. The number of aromatic nitrogens is 3. The summed E-state index contributed by atoms with van der Waals surface area (Å²) in [6.07, 6.45) is 0.184. The molecule has 0 bridgehead atoms. The Labute approximate surface area is 199 Å². The van der Waals surface area contributed by atoms with Gasteiger partial charge in [-0.25, -0.2) is 9.97 Å². The van der Waals surface area contributed by atoms with Crippen LogP contribution in [0.25, 0.3) is 10.9 Å². The Balaban J connectivity index is 1.55. The number of fused-ring (bicyclic) bond motifs is 1. The van der Waals surface area contributed by atoms with Crippen molar-refractivity contribution in [2.24, 2.45) is 0 Å². The second-order valence-corrected chi connectivity index (χ2v) is 8.90. The van der Waals surface area contributed by atoms with Gasteiger partial charge in [-0.15, -0.1) is 0 Å². The molecule has 2 aliphatic rings. The van der Waals surface area contributed by atoms with Crippen LogP contribution >= 0.6 is 0 Å². The number of rotatable bonds is 6. The van der Waals surface area contributed by atoms with E-state index in [-0.39, 0.29) is 5.56 Å². The maximum atomic E-state index is 13.4. The van der Waals surface area contributed by atoms with E-state index in [2.05, 4.69) is 25.2 Å². The fourth-order valence-corrected chi connectivity index (χ4v) is 4.34. The molecule has 0 spiro atoms. The number of hydrogen-bond donors (Lipinski definition) is 1. The van der Waals surface area contributed by atoms with Crippen LogP contribution in [0.15, 0.2) is 30.5 Å². The number of anilines is 3. The Morgan fingerprint density at radius 1 is 1.03 bits per heavy atom. The molecule has 1 atom stereocenters. The van der Waals surface area contributed by atoms with Crippen molar-refractivity contribution in [1.29, 1.82) is 0 Å². The van der Waals surface area contributed by atoms with Crippen molar-refractivity contribution in [2.75, 3.05) is 41.3 Å². The Morgan fingerprint density at radius 3 is 2.37 bits per heavy atom. The number of halogens is 3. The molecule has 12 heteroatoms. The Morgan fingerprint density at radius 2 is 1.74 bits per heavy atom. The predicted octanol–water partition coefficient (Wildman–Crippen LogP) is 4.94. The molecule has 2 aliphatic heterocycles. The minimum absolute atomic E-state index is 0.137. The maximum absolute atomic E-state index is 13.4. The van der Waals surface area contributed by atoms with Crippen molar-refractivity contribution in [3.8, 4) is 0 Å². The molecule has 1 aromatic carbocycles. The van der Waals surface area contributed by atoms with E-state index in [4.69, 9.17) is 0 Å². The molecule has 0 amide bonds. The summed E-state index contributed by atoms with van der Waals surface area (Å²) in [5.41, 5.74) is -0.922. The first-order valence-electron chi connectivity index (χ1n) is 11.5. The monoisotopic (exact) mass is 487 g/mol. The number of non-ortho nitro benzene ring substituents is 1. The minimum atomic E-state index is -4.71. The van der Waals surface area contributed by atoms with Crippen LogP contribution < -0.4 is 15.1 Å². The zero-order valence-corrected chi connectivity index (χ0v) is 19.0. The van der Waals surface area contributed by atoms with E-state index in [0.29, 0.717) is 28.7 Å². The summed E-state index contributed by atoms with van der Waals surface area (Å²) in [4.78, 5) is 28.6. The molecule has 0 radical (unpaired) electrons. The molecular formula is C23H24F3N7O2. The van der Waals surface area contributed by atoms with E-state index in [1.807, 2.05) is 11.0 Å². The SMILES string of the molecule is C[C@@H](Nc1nc(N2CCC2)nc2cnc(N3CCCC3)cc12)c1cc([N+](=O)[O-])cc(C(F)(F)F)c1. The summed E-state index contributed by atoms with van der Waals surface area (Å²) in [7, 11) is 0. The molecule has 2 aromatic heterocycles. The van der Waals surface area contributed by atoms with Crippen LogP contribution in [0.2, 0.25) is 0 Å². The van der Waals surface area contributed by atoms with Crippen LogP contribution in [0.4, 0.5) is 36.4 Å². The molecule has 4 heterocycles. The van der Waals surface area contributed by atoms with E-state index in [9.17, 15) is 23.3 Å². The zero-order chi connectivity index (χ0) is 24.7. The molecule has 9 nitrogen and oxygen atoms in total. The fraction of sp³-hybridized carbons (Fsp3) is 0.435. The highest BCUT2D eigenvalue weighted by Gasteiger charge is 2.33. The lowest BCUT2D eigenvalue weighted by Gasteiger charge is -2.31. The molecule has 3 aromatic rings. The van der Waals surface area contributed by atoms with E-state index in [0.717, 1.165) is 63.4 Å². The summed E-state index contributed by atoms with van der Waals surface area (Å²) in [6, 6.07) is 3.84. The standard InChI is InChI=1S/C23H24F3N7O2/c1-14(15-9-16(23(24,25)26)11-17(10-15)33(34)35)28-21-18-12-20(31-5-2-3-6-31)27-13-19(18)29-22(30-21)32-7-4-8-32/h9-14H,2-8H2,1H3,(H,28,29,30)/t14-/m1/s1. The van der Waals surface area contributed by atoms with Crippen molar-refractivity contribution >= 4 is 34.2 Å². The third-order valence-electron chi connectivity index (χ3n) is 6.46. The summed E-state index contributed by atoms with van der Waals surface area (Å²) in [5, 5.41) is 15.2. The molecule has 2 fully saturated rings. The average molecular weight is 487 g/mol. The quantitative estimate of drug-likeness (QED) is 0.386. The average Bonchev–Trinajstić information content (AvgIpc) is 3.32. The van der Waals surface area contributed by atoms with Crippen LogP contribution in [-0.2, 0) is 6.18 Å². The number of nitrogens with zero attached hydrogens (tertiary/aromatic N) is 6. The fourth-order valence-electron chi connectivity index (χ4n) is 4.34. The highest BCUT2D eigenvalue weighted by Crippen LogP contribution is 2.36. The van der Waals surface area contributed by atoms with Crippen molar-refractivity contribution in [2.45, 2.75) is 38.4 Å². The van der Waals surface area contributed by atoms with Gasteiger partial charge in [0.15, 0.2) is 0 Å². The molecule has 0 aliphatic carbocycles. The van der Waals surface area contributed by atoms with E-state index >= 15 is 0 Å². The number of benzene rings is 1. The summed E-state index contributed by atoms with van der Waals surface area (Å²) in [6.45, 7) is 5.09. The van der Waals surface area contributed by atoms with Gasteiger partial charge in [-0.2, -0.15) is 18.2 Å². The summed E-state index contributed by atoms with van der Waals surface area (Å²) >= 11 is 0. The first kappa shape index (κ1) is 23.1. The van der Waals surface area contributed by atoms with Gasteiger partial charge in [0, 0.05) is 43.7 Å². The molecule has 2 saturated heterocycles. The van der Waals surface area contributed by atoms with Crippen LogP contribution in [0.1, 0.15) is 43.4 Å². The van der Waals surface area contributed by atoms with E-state index in [1.54, 1.807) is 13.1 Å². The van der Waals surface area contributed by atoms with Crippen LogP contribution in [0, 0.1) is 10.1 Å². The molecule has 0 saturated carbocycles. The van der Waals surface area contributed by atoms with E-state index in [1.165, 1.54) is 0 Å². The van der Waals surface area contributed by atoms with Gasteiger partial charge in [0.25, 0.3) is 5.69 Å². The second-order valence-electron chi connectivity index (χ2n) is 8.90. The lowest BCUT2D eigenvalue weighted by Crippen LogP contribution is -2.38. The number of nitro groups is 1. The van der Waals surface area contributed by atoms with Crippen molar-refractivity contribution in [3.05, 3.63) is 51.7 Å². The number of alkyl halides is 3. The van der Waals surface area contributed by atoms with Crippen LogP contribution in [0.5, 0.6) is 0 Å². The largest absolute Gasteiger partial charge is 0.416 e. The Bertz CT molecular complexity index is 1270. The highest BCUT2D eigenvalue weighted by atomic mass is 19.4. The van der Waals surface area contributed by atoms with Crippen molar-refractivity contribution < 1.29 is 18.1 Å². The highest BCUT2D eigenvalue weighted by molar-refractivity contribution is 5.91. The van der Waals surface area contributed by atoms with Gasteiger partial charge in [0.2, 0.25) is 5.95 Å². The number of hydrogen-bond acceptors (Lipinski definition) is 8. The van der Waals surface area contributed by atoms with Gasteiger partial charge in [0.05, 0.1) is 28.2 Å². The van der Waals surface area contributed by atoms with Gasteiger partial charge >= 0.3 is 6.18 Å². The Kier molecular flexibility index (Phi) is 5.81. The van der Waals surface area contributed by atoms with Crippen molar-refractivity contribution in [3.63, 3.8) is 0 Å². The van der Waals surface area contributed by atoms with Gasteiger partial charge in [-0.3, -0.25) is 10.1 Å². The molecule has 0 unspecified atom stereocenters. The van der Waals surface area contributed by atoms with Gasteiger partial charge < -0.3 is 15.1 Å². The zero-order valence-electron chi connectivity index (χ0n) is 19.0. The second kappa shape index (κ2) is 8.82. The number of pyridine rings is 1. The first-order chi connectivity index (χ1) is 16.7. The van der Waals surface area contributed by atoms with Crippen LogP contribution in [0.3, 0.4) is 0 Å². The van der Waals surface area contributed by atoms with Gasteiger partial charge in [0.1, 0.15) is 11.6 Å². The summed E-state index contributed by atoms with van der Waals surface area (Å²) < 4.78 is 40.2. The first-order valence-corrected chi connectivity index (χ1v) is 11.5. The van der Waals surface area contributed by atoms with Gasteiger partial charge in [-0.05, 0) is 43.9 Å². The van der Waals surface area contributed by atoms with Crippen LogP contribution in [-0.4, -0.2) is 46.1 Å². The maximum Gasteiger partial charge on any atom is 0.416 e.